The van der Waals surface area contributed by atoms with Gasteiger partial charge in [0.15, 0.2) is 0 Å². The maximum atomic E-state index is 12.3. The molecule has 0 aromatic carbocycles. The van der Waals surface area contributed by atoms with Crippen LogP contribution < -0.4 is 21.7 Å². The van der Waals surface area contributed by atoms with E-state index in [0.29, 0.717) is 5.75 Å². The molecule has 3 amide bonds. The minimum absolute atomic E-state index is 0.0896. The van der Waals surface area contributed by atoms with Crippen molar-refractivity contribution < 1.29 is 34.2 Å². The molecule has 0 aromatic heterocycles. The molecule has 0 spiro atoms. The number of carboxylic acids is 2. The summed E-state index contributed by atoms with van der Waals surface area (Å²) >= 11 is 5.26. The predicted molar refractivity (Wildman–Crippen MR) is 102 cm³/mol. The summed E-state index contributed by atoms with van der Waals surface area (Å²) < 4.78 is 0. The Kier molecular flexibility index (Phi) is 12.2. The van der Waals surface area contributed by atoms with Gasteiger partial charge in [0.25, 0.3) is 0 Å². The molecule has 0 saturated carbocycles. The molecule has 13 heteroatoms. The Morgan fingerprint density at radius 1 is 1.07 bits per heavy atom. The van der Waals surface area contributed by atoms with Gasteiger partial charge < -0.3 is 31.9 Å². The van der Waals surface area contributed by atoms with Crippen molar-refractivity contribution in [2.45, 2.75) is 31.0 Å². The van der Waals surface area contributed by atoms with E-state index in [2.05, 4.69) is 28.6 Å². The number of carbonyl (C=O) groups excluding carboxylic acids is 3. The van der Waals surface area contributed by atoms with Crippen LogP contribution in [0.4, 0.5) is 0 Å². The van der Waals surface area contributed by atoms with Crippen LogP contribution in [0.15, 0.2) is 0 Å². The first-order valence-electron chi connectivity index (χ1n) is 7.79. The number of nitrogens with two attached hydrogens (primary N) is 1. The second-order valence-corrected chi connectivity index (χ2v) is 6.76. The first kappa shape index (κ1) is 25.0. The number of thiol groups is 1. The molecule has 0 aliphatic heterocycles. The van der Waals surface area contributed by atoms with Crippen molar-refractivity contribution in [2.75, 3.05) is 24.3 Å². The third-order valence-corrected chi connectivity index (χ3v) is 4.25. The highest BCUT2D eigenvalue weighted by Gasteiger charge is 2.28. The molecule has 0 bridgehead atoms. The molecular formula is C14H24N4O7S2. The SMILES string of the molecule is CSCCC(NC(=O)CNC(=O)C(N)CS)C(=O)NC(CC(=O)O)C(=O)O. The zero-order valence-corrected chi connectivity index (χ0v) is 16.3. The number of carbonyl (C=O) groups is 5. The van der Waals surface area contributed by atoms with Crippen molar-refractivity contribution in [3.05, 3.63) is 0 Å². The Morgan fingerprint density at radius 2 is 1.70 bits per heavy atom. The second-order valence-electron chi connectivity index (χ2n) is 5.41. The number of rotatable bonds is 13. The van der Waals surface area contributed by atoms with Gasteiger partial charge in [-0.05, 0) is 18.4 Å². The van der Waals surface area contributed by atoms with Gasteiger partial charge in [-0.15, -0.1) is 0 Å². The van der Waals surface area contributed by atoms with Gasteiger partial charge in [0, 0.05) is 5.75 Å². The van der Waals surface area contributed by atoms with Crippen LogP contribution in [0.3, 0.4) is 0 Å². The van der Waals surface area contributed by atoms with Crippen LogP contribution in [0.5, 0.6) is 0 Å². The lowest BCUT2D eigenvalue weighted by Gasteiger charge is -2.21. The monoisotopic (exact) mass is 424 g/mol. The Labute approximate surface area is 165 Å². The molecule has 3 unspecified atom stereocenters. The van der Waals surface area contributed by atoms with Crippen molar-refractivity contribution in [3.8, 4) is 0 Å². The third kappa shape index (κ3) is 10.7. The average molecular weight is 425 g/mol. The molecule has 0 fully saturated rings. The minimum Gasteiger partial charge on any atom is -0.481 e. The van der Waals surface area contributed by atoms with Crippen molar-refractivity contribution in [3.63, 3.8) is 0 Å². The van der Waals surface area contributed by atoms with E-state index in [1.54, 1.807) is 6.26 Å². The van der Waals surface area contributed by atoms with E-state index < -0.39 is 60.8 Å². The molecule has 0 saturated heterocycles. The van der Waals surface area contributed by atoms with Crippen molar-refractivity contribution in [1.29, 1.82) is 0 Å². The highest BCUT2D eigenvalue weighted by atomic mass is 32.2. The summed E-state index contributed by atoms with van der Waals surface area (Å²) in [5.74, 6) is -4.43. The molecule has 7 N–H and O–H groups in total. The number of amides is 3. The van der Waals surface area contributed by atoms with E-state index in [0.717, 1.165) is 0 Å². The van der Waals surface area contributed by atoms with Gasteiger partial charge in [0.05, 0.1) is 19.0 Å². The van der Waals surface area contributed by atoms with Crippen molar-refractivity contribution >= 4 is 54.1 Å². The smallest absolute Gasteiger partial charge is 0.326 e. The predicted octanol–water partition coefficient (Wildman–Crippen LogP) is -2.36. The number of hydrogen-bond acceptors (Lipinski definition) is 8. The number of hydrogen-bond donors (Lipinski definition) is 7. The van der Waals surface area contributed by atoms with E-state index >= 15 is 0 Å². The van der Waals surface area contributed by atoms with Gasteiger partial charge in [0.1, 0.15) is 12.1 Å². The molecule has 154 valence electrons. The third-order valence-electron chi connectivity index (χ3n) is 3.21. The van der Waals surface area contributed by atoms with Crippen LogP contribution in [0.1, 0.15) is 12.8 Å². The fourth-order valence-corrected chi connectivity index (χ4v) is 2.42. The summed E-state index contributed by atoms with van der Waals surface area (Å²) in [5.41, 5.74) is 5.45. The van der Waals surface area contributed by atoms with Crippen molar-refractivity contribution in [2.24, 2.45) is 5.73 Å². The summed E-state index contributed by atoms with van der Waals surface area (Å²) in [6.45, 7) is -0.430. The first-order valence-corrected chi connectivity index (χ1v) is 9.82. The molecule has 27 heavy (non-hydrogen) atoms. The zero-order valence-electron chi connectivity index (χ0n) is 14.6. The van der Waals surface area contributed by atoms with Crippen LogP contribution >= 0.6 is 24.4 Å². The van der Waals surface area contributed by atoms with Gasteiger partial charge in [-0.1, -0.05) is 0 Å². The lowest BCUT2D eigenvalue weighted by molar-refractivity contribution is -0.147. The highest BCUT2D eigenvalue weighted by Crippen LogP contribution is 2.03. The fourth-order valence-electron chi connectivity index (χ4n) is 1.78. The van der Waals surface area contributed by atoms with Crippen LogP contribution in [0, 0.1) is 0 Å². The van der Waals surface area contributed by atoms with Crippen LogP contribution in [0.25, 0.3) is 0 Å². The van der Waals surface area contributed by atoms with Gasteiger partial charge in [0.2, 0.25) is 17.7 Å². The Bertz CT molecular complexity index is 562. The normalized spacial score (nSPS) is 13.7. The topological polar surface area (TPSA) is 188 Å². The molecule has 0 aromatic rings. The minimum atomic E-state index is -1.63. The summed E-state index contributed by atoms with van der Waals surface area (Å²) in [4.78, 5) is 57.5. The summed E-state index contributed by atoms with van der Waals surface area (Å²) in [6, 6.07) is -3.60. The number of thioether (sulfide) groups is 1. The quantitative estimate of drug-likeness (QED) is 0.159. The molecule has 11 nitrogen and oxygen atoms in total. The van der Waals surface area contributed by atoms with Crippen LogP contribution in [0.2, 0.25) is 0 Å². The van der Waals surface area contributed by atoms with Gasteiger partial charge in [-0.3, -0.25) is 19.2 Å². The standard InChI is InChI=1S/C14H24N4O7S2/c1-27-3-2-8(13(23)18-9(14(24)25)4-11(20)21)17-10(19)5-16-12(22)7(15)6-26/h7-9,26H,2-6,15H2,1H3,(H,16,22)(H,17,19)(H,18,23)(H,20,21)(H,24,25). The lowest BCUT2D eigenvalue weighted by Crippen LogP contribution is -2.54. The largest absolute Gasteiger partial charge is 0.481 e. The molecule has 0 rings (SSSR count). The van der Waals surface area contributed by atoms with Crippen molar-refractivity contribution in [1.82, 2.24) is 16.0 Å². The number of aliphatic carboxylic acids is 2. The number of nitrogens with one attached hydrogen (secondary N) is 3. The van der Waals surface area contributed by atoms with E-state index in [1.165, 1.54) is 11.8 Å². The zero-order chi connectivity index (χ0) is 21.0. The lowest BCUT2D eigenvalue weighted by atomic mass is 10.1. The summed E-state index contributed by atoms with van der Waals surface area (Å²) in [6.07, 6.45) is 1.16. The van der Waals surface area contributed by atoms with Crippen LogP contribution in [-0.4, -0.2) is 82.3 Å². The highest BCUT2D eigenvalue weighted by molar-refractivity contribution is 7.98. The number of carboxylic acid groups (broad SMARTS) is 2. The van der Waals surface area contributed by atoms with E-state index in [1.807, 2.05) is 0 Å². The van der Waals surface area contributed by atoms with Crippen LogP contribution in [-0.2, 0) is 24.0 Å². The maximum Gasteiger partial charge on any atom is 0.326 e. The van der Waals surface area contributed by atoms with Gasteiger partial charge >= 0.3 is 11.9 Å². The first-order chi connectivity index (χ1) is 12.6. The van der Waals surface area contributed by atoms with E-state index in [4.69, 9.17) is 15.9 Å². The molecular weight excluding hydrogens is 400 g/mol. The molecule has 0 aliphatic carbocycles. The molecule has 3 atom stereocenters. The van der Waals surface area contributed by atoms with Gasteiger partial charge in [-0.2, -0.15) is 24.4 Å². The Balaban J connectivity index is 4.86. The molecule has 0 radical (unpaired) electrons. The Morgan fingerprint density at radius 3 is 2.19 bits per heavy atom. The second kappa shape index (κ2) is 13.2. The summed E-state index contributed by atoms with van der Waals surface area (Å²) in [5, 5.41) is 24.5. The van der Waals surface area contributed by atoms with E-state index in [9.17, 15) is 24.0 Å². The molecule has 0 aliphatic rings. The summed E-state index contributed by atoms with van der Waals surface area (Å²) in [7, 11) is 0. The van der Waals surface area contributed by atoms with Gasteiger partial charge in [-0.25, -0.2) is 4.79 Å². The average Bonchev–Trinajstić information content (AvgIpc) is 2.61. The fraction of sp³-hybridized carbons (Fsp3) is 0.643. The molecule has 0 heterocycles. The maximum absolute atomic E-state index is 12.3. The Hall–Kier alpha value is -1.99. The van der Waals surface area contributed by atoms with E-state index in [-0.39, 0.29) is 12.2 Å².